The minimum atomic E-state index is -0.432. The third kappa shape index (κ3) is 4.23. The Morgan fingerprint density at radius 2 is 1.74 bits per heavy atom. The number of piperazine rings is 1. The average Bonchev–Trinajstić information content (AvgIpc) is 2.68. The lowest BCUT2D eigenvalue weighted by Crippen LogP contribution is -2.50. The fourth-order valence-corrected chi connectivity index (χ4v) is 2.96. The van der Waals surface area contributed by atoms with Gasteiger partial charge in [-0.3, -0.25) is 4.79 Å². The maximum Gasteiger partial charge on any atom is 0.321 e. The summed E-state index contributed by atoms with van der Waals surface area (Å²) < 4.78 is 14.3. The van der Waals surface area contributed by atoms with E-state index in [9.17, 15) is 14.0 Å². The van der Waals surface area contributed by atoms with Crippen LogP contribution in [0.25, 0.3) is 0 Å². The highest BCUT2D eigenvalue weighted by Crippen LogP contribution is 2.22. The molecule has 0 unspecified atom stereocenters. The first kappa shape index (κ1) is 18.4. The topological polar surface area (TPSA) is 76.4 Å². The summed E-state index contributed by atoms with van der Waals surface area (Å²) in [6, 6.07) is 12.9. The van der Waals surface area contributed by atoms with Crippen LogP contribution in [0.15, 0.2) is 42.5 Å². The van der Waals surface area contributed by atoms with E-state index in [4.69, 9.17) is 5.26 Å². The Balaban J connectivity index is 1.59. The Kier molecular flexibility index (Phi) is 5.36. The maximum absolute atomic E-state index is 14.3. The van der Waals surface area contributed by atoms with Gasteiger partial charge in [0.25, 0.3) is 0 Å². The van der Waals surface area contributed by atoms with Gasteiger partial charge in [-0.1, -0.05) is 0 Å². The predicted molar refractivity (Wildman–Crippen MR) is 100 cm³/mol. The monoisotopic (exact) mass is 366 g/mol. The van der Waals surface area contributed by atoms with Crippen molar-refractivity contribution in [3.05, 3.63) is 59.4 Å². The van der Waals surface area contributed by atoms with E-state index in [0.29, 0.717) is 48.7 Å². The van der Waals surface area contributed by atoms with Gasteiger partial charge >= 0.3 is 6.03 Å². The van der Waals surface area contributed by atoms with E-state index < -0.39 is 5.82 Å². The highest BCUT2D eigenvalue weighted by Gasteiger charge is 2.23. The highest BCUT2D eigenvalue weighted by atomic mass is 19.1. The van der Waals surface area contributed by atoms with Crippen molar-refractivity contribution in [2.45, 2.75) is 6.92 Å². The smallest absolute Gasteiger partial charge is 0.321 e. The molecule has 0 bridgehead atoms. The molecule has 7 heteroatoms. The van der Waals surface area contributed by atoms with Crippen LogP contribution in [0.4, 0.5) is 20.6 Å². The van der Waals surface area contributed by atoms with E-state index in [1.165, 1.54) is 13.0 Å². The molecule has 2 aromatic rings. The molecule has 1 N–H and O–H groups in total. The van der Waals surface area contributed by atoms with E-state index in [-0.39, 0.29) is 11.8 Å². The van der Waals surface area contributed by atoms with Crippen LogP contribution in [0, 0.1) is 17.1 Å². The van der Waals surface area contributed by atoms with Crippen LogP contribution in [0.1, 0.15) is 22.8 Å². The van der Waals surface area contributed by atoms with Crippen LogP contribution in [0.2, 0.25) is 0 Å². The van der Waals surface area contributed by atoms with Gasteiger partial charge in [0, 0.05) is 37.4 Å². The molecule has 0 aromatic heterocycles. The number of Topliss-reactive ketones (excluding diaryl/α,β-unsaturated/α-hetero) is 1. The number of amides is 2. The zero-order valence-corrected chi connectivity index (χ0v) is 14.9. The summed E-state index contributed by atoms with van der Waals surface area (Å²) in [5.41, 5.74) is 1.93. The lowest BCUT2D eigenvalue weighted by atomic mass is 10.1. The Bertz CT molecular complexity index is 897. The lowest BCUT2D eigenvalue weighted by molar-refractivity contribution is 0.101. The molecule has 1 heterocycles. The van der Waals surface area contributed by atoms with E-state index in [2.05, 4.69) is 5.32 Å². The minimum absolute atomic E-state index is 0.176. The van der Waals surface area contributed by atoms with Gasteiger partial charge in [0.1, 0.15) is 5.82 Å². The molecule has 0 spiro atoms. The Labute approximate surface area is 156 Å². The van der Waals surface area contributed by atoms with Crippen molar-refractivity contribution in [3.63, 3.8) is 0 Å². The fraction of sp³-hybridized carbons (Fsp3) is 0.250. The Morgan fingerprint density at radius 3 is 2.30 bits per heavy atom. The minimum Gasteiger partial charge on any atom is -0.366 e. The number of nitrogens with zero attached hydrogens (tertiary/aromatic N) is 3. The molecule has 6 nitrogen and oxygen atoms in total. The van der Waals surface area contributed by atoms with Gasteiger partial charge in [-0.2, -0.15) is 5.26 Å². The molecule has 0 saturated carbocycles. The molecule has 1 saturated heterocycles. The van der Waals surface area contributed by atoms with Crippen LogP contribution in [-0.2, 0) is 0 Å². The summed E-state index contributed by atoms with van der Waals surface area (Å²) >= 11 is 0. The first-order chi connectivity index (χ1) is 13.0. The van der Waals surface area contributed by atoms with Crippen molar-refractivity contribution in [1.29, 1.82) is 5.26 Å². The number of hydrogen-bond donors (Lipinski definition) is 1. The number of carbonyl (C=O) groups excluding carboxylic acids is 2. The van der Waals surface area contributed by atoms with Crippen LogP contribution < -0.4 is 10.2 Å². The standard InChI is InChI=1S/C20H19FN4O2/c1-14(26)16-4-7-19(18(21)12-16)24-8-10-25(11-9-24)20(27)23-17-5-2-15(13-22)3-6-17/h2-7,12H,8-11H2,1H3,(H,23,27). The zero-order chi connectivity index (χ0) is 19.4. The predicted octanol–water partition coefficient (Wildman–Crippen LogP) is 3.25. The SMILES string of the molecule is CC(=O)c1ccc(N2CCN(C(=O)Nc3ccc(C#N)cc3)CC2)c(F)c1. The number of carbonyl (C=O) groups is 2. The normalized spacial score (nSPS) is 13.8. The van der Waals surface area contributed by atoms with Crippen LogP contribution >= 0.6 is 0 Å². The van der Waals surface area contributed by atoms with Gasteiger partial charge in [-0.25, -0.2) is 9.18 Å². The maximum atomic E-state index is 14.3. The largest absolute Gasteiger partial charge is 0.366 e. The summed E-state index contributed by atoms with van der Waals surface area (Å²) in [6.45, 7) is 3.31. The second kappa shape index (κ2) is 7.87. The van der Waals surface area contributed by atoms with Gasteiger partial charge in [0.15, 0.2) is 5.78 Å². The first-order valence-corrected chi connectivity index (χ1v) is 8.59. The number of ketones is 1. The summed E-state index contributed by atoms with van der Waals surface area (Å²) in [4.78, 5) is 27.2. The van der Waals surface area contributed by atoms with E-state index in [1.54, 1.807) is 41.3 Å². The highest BCUT2D eigenvalue weighted by molar-refractivity contribution is 5.94. The summed E-state index contributed by atoms with van der Waals surface area (Å²) in [6.07, 6.45) is 0. The first-order valence-electron chi connectivity index (χ1n) is 8.59. The molecular weight excluding hydrogens is 347 g/mol. The number of benzene rings is 2. The Morgan fingerprint density at radius 1 is 1.07 bits per heavy atom. The van der Waals surface area contributed by atoms with Crippen molar-refractivity contribution >= 4 is 23.2 Å². The number of anilines is 2. The van der Waals surface area contributed by atoms with E-state index >= 15 is 0 Å². The number of halogens is 1. The number of nitriles is 1. The second-order valence-electron chi connectivity index (χ2n) is 6.32. The number of urea groups is 1. The third-order valence-electron chi connectivity index (χ3n) is 4.53. The summed E-state index contributed by atoms with van der Waals surface area (Å²) in [5, 5.41) is 11.6. The molecule has 27 heavy (non-hydrogen) atoms. The van der Waals surface area contributed by atoms with Gasteiger partial charge < -0.3 is 15.1 Å². The summed E-state index contributed by atoms with van der Waals surface area (Å²) in [7, 11) is 0. The van der Waals surface area contributed by atoms with E-state index in [0.717, 1.165) is 0 Å². The van der Waals surface area contributed by atoms with Crippen molar-refractivity contribution in [2.75, 3.05) is 36.4 Å². The number of hydrogen-bond acceptors (Lipinski definition) is 4. The van der Waals surface area contributed by atoms with Crippen LogP contribution in [0.5, 0.6) is 0 Å². The molecular formula is C20H19FN4O2. The average molecular weight is 366 g/mol. The van der Waals surface area contributed by atoms with Crippen LogP contribution in [-0.4, -0.2) is 42.9 Å². The molecule has 1 fully saturated rings. The van der Waals surface area contributed by atoms with Crippen molar-refractivity contribution in [2.24, 2.45) is 0 Å². The van der Waals surface area contributed by atoms with Crippen LogP contribution in [0.3, 0.4) is 0 Å². The molecule has 2 aromatic carbocycles. The fourth-order valence-electron chi connectivity index (χ4n) is 2.96. The molecule has 1 aliphatic heterocycles. The van der Waals surface area contributed by atoms with Crippen molar-refractivity contribution in [1.82, 2.24) is 4.90 Å². The van der Waals surface area contributed by atoms with Gasteiger partial charge in [-0.05, 0) is 49.4 Å². The summed E-state index contributed by atoms with van der Waals surface area (Å²) in [5.74, 6) is -0.608. The van der Waals surface area contributed by atoms with Crippen molar-refractivity contribution in [3.8, 4) is 6.07 Å². The molecule has 0 atom stereocenters. The van der Waals surface area contributed by atoms with E-state index in [1.807, 2.05) is 11.0 Å². The second-order valence-corrected chi connectivity index (χ2v) is 6.32. The molecule has 0 aliphatic carbocycles. The Hall–Kier alpha value is -3.40. The molecule has 3 rings (SSSR count). The van der Waals surface area contributed by atoms with Crippen molar-refractivity contribution < 1.29 is 14.0 Å². The third-order valence-corrected chi connectivity index (χ3v) is 4.53. The molecule has 0 radical (unpaired) electrons. The quantitative estimate of drug-likeness (QED) is 0.846. The zero-order valence-electron chi connectivity index (χ0n) is 14.9. The number of nitrogens with one attached hydrogen (secondary N) is 1. The van der Waals surface area contributed by atoms with Gasteiger partial charge in [-0.15, -0.1) is 0 Å². The lowest BCUT2D eigenvalue weighted by Gasteiger charge is -2.36. The van der Waals surface area contributed by atoms with Gasteiger partial charge in [0.05, 0.1) is 17.3 Å². The molecule has 138 valence electrons. The number of rotatable bonds is 3. The van der Waals surface area contributed by atoms with Gasteiger partial charge in [0.2, 0.25) is 0 Å². The molecule has 1 aliphatic rings. The molecule has 2 amide bonds.